The molecule has 0 atom stereocenters. The standard InChI is InChI=1S/C22H33N3O2/c26-22(20-4-6-21(7-5-20)24-10-2-1-3-11-24)25-12-8-19(9-13-25)18-23-14-16-27-17-15-23/h4-7,19H,1-3,8-18H2. The fourth-order valence-corrected chi connectivity index (χ4v) is 4.62. The van der Waals surface area contributed by atoms with Crippen molar-refractivity contribution in [1.82, 2.24) is 9.80 Å². The summed E-state index contributed by atoms with van der Waals surface area (Å²) in [5.74, 6) is 0.915. The summed E-state index contributed by atoms with van der Waals surface area (Å²) in [5.41, 5.74) is 2.10. The lowest BCUT2D eigenvalue weighted by atomic mass is 9.95. The number of hydrogen-bond donors (Lipinski definition) is 0. The molecule has 0 unspecified atom stereocenters. The summed E-state index contributed by atoms with van der Waals surface area (Å²) >= 11 is 0. The van der Waals surface area contributed by atoms with E-state index in [0.717, 1.165) is 77.4 Å². The highest BCUT2D eigenvalue weighted by molar-refractivity contribution is 5.94. The van der Waals surface area contributed by atoms with Crippen LogP contribution in [-0.2, 0) is 4.74 Å². The molecule has 1 amide bonds. The lowest BCUT2D eigenvalue weighted by molar-refractivity contribution is 0.0243. The monoisotopic (exact) mass is 371 g/mol. The summed E-state index contributed by atoms with van der Waals surface area (Å²) in [6.07, 6.45) is 6.14. The van der Waals surface area contributed by atoms with Crippen LogP contribution in [0.4, 0.5) is 5.69 Å². The van der Waals surface area contributed by atoms with Crippen molar-refractivity contribution < 1.29 is 9.53 Å². The summed E-state index contributed by atoms with van der Waals surface area (Å²) in [6.45, 7) is 9.08. The average Bonchev–Trinajstić information content (AvgIpc) is 2.75. The first-order valence-corrected chi connectivity index (χ1v) is 10.7. The van der Waals surface area contributed by atoms with Crippen molar-refractivity contribution in [2.45, 2.75) is 32.1 Å². The van der Waals surface area contributed by atoms with Gasteiger partial charge in [-0.2, -0.15) is 0 Å². The zero-order valence-electron chi connectivity index (χ0n) is 16.4. The molecule has 5 heteroatoms. The molecule has 5 nitrogen and oxygen atoms in total. The van der Waals surface area contributed by atoms with Gasteiger partial charge in [0.1, 0.15) is 0 Å². The predicted octanol–water partition coefficient (Wildman–Crippen LogP) is 2.86. The van der Waals surface area contributed by atoms with Crippen LogP contribution in [0.5, 0.6) is 0 Å². The maximum Gasteiger partial charge on any atom is 0.253 e. The number of likely N-dealkylation sites (tertiary alicyclic amines) is 1. The van der Waals surface area contributed by atoms with Gasteiger partial charge in [0.2, 0.25) is 0 Å². The number of morpholine rings is 1. The van der Waals surface area contributed by atoms with E-state index < -0.39 is 0 Å². The minimum atomic E-state index is 0.199. The highest BCUT2D eigenvalue weighted by atomic mass is 16.5. The summed E-state index contributed by atoms with van der Waals surface area (Å²) in [6, 6.07) is 8.30. The van der Waals surface area contributed by atoms with Gasteiger partial charge in [-0.3, -0.25) is 9.69 Å². The highest BCUT2D eigenvalue weighted by Crippen LogP contribution is 2.23. The van der Waals surface area contributed by atoms with E-state index in [1.807, 2.05) is 17.0 Å². The van der Waals surface area contributed by atoms with Crippen LogP contribution in [0, 0.1) is 5.92 Å². The average molecular weight is 372 g/mol. The molecule has 3 fully saturated rings. The lowest BCUT2D eigenvalue weighted by Crippen LogP contribution is -2.44. The molecule has 0 N–H and O–H groups in total. The van der Waals surface area contributed by atoms with Crippen LogP contribution in [0.15, 0.2) is 24.3 Å². The van der Waals surface area contributed by atoms with Crippen molar-refractivity contribution in [2.24, 2.45) is 5.92 Å². The molecule has 0 saturated carbocycles. The molecule has 148 valence electrons. The first-order valence-electron chi connectivity index (χ1n) is 10.7. The maximum atomic E-state index is 12.9. The number of benzene rings is 1. The van der Waals surface area contributed by atoms with E-state index in [2.05, 4.69) is 21.9 Å². The third-order valence-electron chi connectivity index (χ3n) is 6.36. The van der Waals surface area contributed by atoms with Gasteiger partial charge in [0.25, 0.3) is 5.91 Å². The molecule has 3 saturated heterocycles. The van der Waals surface area contributed by atoms with Gasteiger partial charge in [0.15, 0.2) is 0 Å². The number of ether oxygens (including phenoxy) is 1. The second-order valence-electron chi connectivity index (χ2n) is 8.24. The molecular formula is C22H33N3O2. The molecule has 1 aromatic rings. The quantitative estimate of drug-likeness (QED) is 0.815. The molecule has 0 spiro atoms. The number of carbonyl (C=O) groups excluding carboxylic acids is 1. The van der Waals surface area contributed by atoms with E-state index in [0.29, 0.717) is 5.92 Å². The van der Waals surface area contributed by atoms with Gasteiger partial charge >= 0.3 is 0 Å². The molecule has 4 rings (SSSR count). The van der Waals surface area contributed by atoms with Crippen LogP contribution in [-0.4, -0.2) is 74.7 Å². The third-order valence-corrected chi connectivity index (χ3v) is 6.36. The van der Waals surface area contributed by atoms with Crippen molar-refractivity contribution in [2.75, 3.05) is 63.9 Å². The van der Waals surface area contributed by atoms with Crippen LogP contribution in [0.2, 0.25) is 0 Å². The number of rotatable bonds is 4. The number of amides is 1. The van der Waals surface area contributed by atoms with E-state index in [9.17, 15) is 4.79 Å². The summed E-state index contributed by atoms with van der Waals surface area (Å²) in [4.78, 5) is 19.9. The molecule has 0 bridgehead atoms. The fourth-order valence-electron chi connectivity index (χ4n) is 4.62. The summed E-state index contributed by atoms with van der Waals surface area (Å²) in [7, 11) is 0. The van der Waals surface area contributed by atoms with Gasteiger partial charge < -0.3 is 14.5 Å². The first-order chi connectivity index (χ1) is 13.3. The van der Waals surface area contributed by atoms with E-state index in [1.165, 1.54) is 24.9 Å². The normalized spacial score (nSPS) is 22.8. The molecule has 0 aromatic heterocycles. The minimum absolute atomic E-state index is 0.199. The molecule has 1 aromatic carbocycles. The van der Waals surface area contributed by atoms with Crippen LogP contribution >= 0.6 is 0 Å². The van der Waals surface area contributed by atoms with Gasteiger partial charge in [-0.25, -0.2) is 0 Å². The Morgan fingerprint density at radius 3 is 2.22 bits per heavy atom. The van der Waals surface area contributed by atoms with Crippen LogP contribution in [0.25, 0.3) is 0 Å². The summed E-state index contributed by atoms with van der Waals surface area (Å²) < 4.78 is 5.44. The van der Waals surface area contributed by atoms with E-state index >= 15 is 0 Å². The first kappa shape index (κ1) is 18.8. The molecule has 27 heavy (non-hydrogen) atoms. The summed E-state index contributed by atoms with van der Waals surface area (Å²) in [5, 5.41) is 0. The number of anilines is 1. The fraction of sp³-hybridized carbons (Fsp3) is 0.682. The van der Waals surface area contributed by atoms with Crippen molar-refractivity contribution >= 4 is 11.6 Å². The minimum Gasteiger partial charge on any atom is -0.379 e. The van der Waals surface area contributed by atoms with Crippen LogP contribution in [0.3, 0.4) is 0 Å². The van der Waals surface area contributed by atoms with E-state index in [1.54, 1.807) is 0 Å². The van der Waals surface area contributed by atoms with Gasteiger partial charge in [-0.05, 0) is 62.3 Å². The number of piperidine rings is 2. The molecule has 0 radical (unpaired) electrons. The van der Waals surface area contributed by atoms with Gasteiger partial charge in [-0.1, -0.05) is 0 Å². The van der Waals surface area contributed by atoms with Crippen molar-refractivity contribution in [3.05, 3.63) is 29.8 Å². The zero-order chi connectivity index (χ0) is 18.5. The number of hydrogen-bond acceptors (Lipinski definition) is 4. The van der Waals surface area contributed by atoms with Gasteiger partial charge in [0, 0.05) is 57.1 Å². The van der Waals surface area contributed by atoms with E-state index in [-0.39, 0.29) is 5.91 Å². The van der Waals surface area contributed by atoms with E-state index in [4.69, 9.17) is 4.74 Å². The Morgan fingerprint density at radius 2 is 1.56 bits per heavy atom. The largest absolute Gasteiger partial charge is 0.379 e. The highest BCUT2D eigenvalue weighted by Gasteiger charge is 2.25. The topological polar surface area (TPSA) is 36.0 Å². The Hall–Kier alpha value is -1.59. The Kier molecular flexibility index (Phi) is 6.30. The van der Waals surface area contributed by atoms with Crippen molar-refractivity contribution in [1.29, 1.82) is 0 Å². The molecule has 3 aliphatic heterocycles. The maximum absolute atomic E-state index is 12.9. The molecule has 3 aliphatic rings. The smallest absolute Gasteiger partial charge is 0.253 e. The number of nitrogens with zero attached hydrogens (tertiary/aromatic N) is 3. The second kappa shape index (κ2) is 9.07. The second-order valence-corrected chi connectivity index (χ2v) is 8.24. The van der Waals surface area contributed by atoms with Crippen molar-refractivity contribution in [3.8, 4) is 0 Å². The Morgan fingerprint density at radius 1 is 0.889 bits per heavy atom. The van der Waals surface area contributed by atoms with Crippen molar-refractivity contribution in [3.63, 3.8) is 0 Å². The van der Waals surface area contributed by atoms with Gasteiger partial charge in [0.05, 0.1) is 13.2 Å². The Labute approximate surface area is 163 Å². The Balaban J connectivity index is 1.27. The lowest BCUT2D eigenvalue weighted by Gasteiger charge is -2.36. The molecule has 3 heterocycles. The molecule has 0 aliphatic carbocycles. The predicted molar refractivity (Wildman–Crippen MR) is 108 cm³/mol. The zero-order valence-corrected chi connectivity index (χ0v) is 16.4. The van der Waals surface area contributed by atoms with Crippen LogP contribution in [0.1, 0.15) is 42.5 Å². The van der Waals surface area contributed by atoms with Crippen LogP contribution < -0.4 is 4.90 Å². The van der Waals surface area contributed by atoms with Gasteiger partial charge in [-0.15, -0.1) is 0 Å². The Bertz CT molecular complexity index is 598. The molecular weight excluding hydrogens is 338 g/mol. The SMILES string of the molecule is O=C(c1ccc(N2CCCCC2)cc1)N1CCC(CN2CCOCC2)CC1. The third kappa shape index (κ3) is 4.82. The number of carbonyl (C=O) groups is 1.